The van der Waals surface area contributed by atoms with Crippen LogP contribution in [0.4, 0.5) is 0 Å². The lowest BCUT2D eigenvalue weighted by molar-refractivity contribution is 0.635. The fourth-order valence-electron chi connectivity index (χ4n) is 0.704. The van der Waals surface area contributed by atoms with Crippen LogP contribution in [-0.2, 0) is 0 Å². The molecule has 0 unspecified atom stereocenters. The maximum atomic E-state index is 8.39. The number of nitrogens with two attached hydrogens (primary N) is 1. The zero-order chi connectivity index (χ0) is 5.98. The lowest BCUT2D eigenvalue weighted by atomic mass is 10.1. The van der Waals surface area contributed by atoms with E-state index in [4.69, 9.17) is 11.0 Å². The third-order valence-electron chi connectivity index (χ3n) is 1.29. The van der Waals surface area contributed by atoms with E-state index in [9.17, 15) is 0 Å². The normalized spacial score (nSPS) is 37.0. The van der Waals surface area contributed by atoms with Crippen LogP contribution in [0.1, 0.15) is 0 Å². The van der Waals surface area contributed by atoms with Crippen molar-refractivity contribution in [3.05, 3.63) is 0 Å². The average Bonchev–Trinajstić information content (AvgIpc) is 2.14. The highest BCUT2D eigenvalue weighted by molar-refractivity contribution is 7.99. The molecule has 1 rings (SSSR count). The summed E-state index contributed by atoms with van der Waals surface area (Å²) in [6.45, 7) is 0. The Balaban J connectivity index is 2.45. The van der Waals surface area contributed by atoms with Crippen molar-refractivity contribution in [1.29, 1.82) is 5.26 Å². The fraction of sp³-hybridized carbons (Fsp3) is 0.800. The van der Waals surface area contributed by atoms with Crippen molar-refractivity contribution in [2.75, 3.05) is 11.5 Å². The Hall–Kier alpha value is -0.200. The molecule has 8 heavy (non-hydrogen) atoms. The highest BCUT2D eigenvalue weighted by Gasteiger charge is 2.23. The summed E-state index contributed by atoms with van der Waals surface area (Å²) in [4.78, 5) is 0. The van der Waals surface area contributed by atoms with E-state index >= 15 is 0 Å². The van der Waals surface area contributed by atoms with Gasteiger partial charge in [0.05, 0.1) is 12.0 Å². The summed E-state index contributed by atoms with van der Waals surface area (Å²) in [7, 11) is 0. The van der Waals surface area contributed by atoms with Crippen LogP contribution in [0.5, 0.6) is 0 Å². The van der Waals surface area contributed by atoms with Crippen molar-refractivity contribution in [3.8, 4) is 6.07 Å². The standard InChI is InChI=1S/C5H8N2S/c6-1-4-2-8-3-5(4)7/h4-5H,2-3,7H2/t4-,5-/m0/s1. The maximum absolute atomic E-state index is 8.39. The van der Waals surface area contributed by atoms with Gasteiger partial charge in [-0.3, -0.25) is 0 Å². The first kappa shape index (κ1) is 5.93. The minimum absolute atomic E-state index is 0.111. The van der Waals surface area contributed by atoms with Gasteiger partial charge < -0.3 is 5.73 Å². The number of nitriles is 1. The molecule has 1 fully saturated rings. The molecule has 3 heteroatoms. The van der Waals surface area contributed by atoms with Crippen LogP contribution >= 0.6 is 11.8 Å². The summed E-state index contributed by atoms with van der Waals surface area (Å²) in [5.41, 5.74) is 5.55. The summed E-state index contributed by atoms with van der Waals surface area (Å²) < 4.78 is 0. The van der Waals surface area contributed by atoms with Crippen LogP contribution < -0.4 is 5.73 Å². The summed E-state index contributed by atoms with van der Waals surface area (Å²) in [5, 5.41) is 8.39. The molecule has 2 atom stereocenters. The predicted octanol–water partition coefficient (Wildman–Crippen LogP) is 0.200. The molecule has 0 radical (unpaired) electrons. The van der Waals surface area contributed by atoms with Gasteiger partial charge in [-0.2, -0.15) is 17.0 Å². The van der Waals surface area contributed by atoms with Gasteiger partial charge in [0.15, 0.2) is 0 Å². The van der Waals surface area contributed by atoms with Crippen LogP contribution in [0.15, 0.2) is 0 Å². The molecule has 0 bridgehead atoms. The van der Waals surface area contributed by atoms with E-state index in [0.29, 0.717) is 0 Å². The molecule has 2 N–H and O–H groups in total. The van der Waals surface area contributed by atoms with Crippen molar-refractivity contribution < 1.29 is 0 Å². The Morgan fingerprint density at radius 3 is 2.62 bits per heavy atom. The molecule has 1 heterocycles. The van der Waals surface area contributed by atoms with Crippen molar-refractivity contribution >= 4 is 11.8 Å². The van der Waals surface area contributed by atoms with Crippen LogP contribution in [0.25, 0.3) is 0 Å². The second-order valence-corrected chi connectivity index (χ2v) is 3.01. The molecule has 1 aliphatic heterocycles. The summed E-state index contributed by atoms with van der Waals surface area (Å²) >= 11 is 1.77. The van der Waals surface area contributed by atoms with Crippen LogP contribution in [0.2, 0.25) is 0 Å². The zero-order valence-electron chi connectivity index (χ0n) is 4.50. The lowest BCUT2D eigenvalue weighted by Gasteiger charge is -2.01. The highest BCUT2D eigenvalue weighted by atomic mass is 32.2. The molecule has 1 saturated heterocycles. The van der Waals surface area contributed by atoms with Gasteiger partial charge in [0.2, 0.25) is 0 Å². The Morgan fingerprint density at radius 2 is 2.38 bits per heavy atom. The number of rotatable bonds is 0. The SMILES string of the molecule is N#C[C@H]1CSC[C@@H]1N. The third kappa shape index (κ3) is 0.960. The molecule has 44 valence electrons. The molecular weight excluding hydrogens is 120 g/mol. The van der Waals surface area contributed by atoms with Crippen molar-refractivity contribution in [1.82, 2.24) is 0 Å². The van der Waals surface area contributed by atoms with E-state index in [-0.39, 0.29) is 12.0 Å². The van der Waals surface area contributed by atoms with Gasteiger partial charge in [0.25, 0.3) is 0 Å². The Morgan fingerprint density at radius 1 is 1.62 bits per heavy atom. The largest absolute Gasteiger partial charge is 0.326 e. The van der Waals surface area contributed by atoms with Gasteiger partial charge in [0, 0.05) is 17.5 Å². The first-order chi connectivity index (χ1) is 3.84. The minimum Gasteiger partial charge on any atom is -0.326 e. The summed E-state index contributed by atoms with van der Waals surface area (Å²) in [6.07, 6.45) is 0. The first-order valence-electron chi connectivity index (χ1n) is 2.57. The van der Waals surface area contributed by atoms with Gasteiger partial charge in [-0.25, -0.2) is 0 Å². The first-order valence-corrected chi connectivity index (χ1v) is 3.73. The lowest BCUT2D eigenvalue weighted by Crippen LogP contribution is -2.26. The maximum Gasteiger partial charge on any atom is 0.0712 e. The fourth-order valence-corrected chi connectivity index (χ4v) is 1.92. The van der Waals surface area contributed by atoms with Crippen molar-refractivity contribution in [2.24, 2.45) is 11.7 Å². The van der Waals surface area contributed by atoms with E-state index in [2.05, 4.69) is 6.07 Å². The Bertz CT molecular complexity index is 118. The number of hydrogen-bond acceptors (Lipinski definition) is 3. The van der Waals surface area contributed by atoms with Crippen molar-refractivity contribution in [3.63, 3.8) is 0 Å². The molecule has 0 spiro atoms. The Kier molecular flexibility index (Phi) is 1.77. The van der Waals surface area contributed by atoms with Gasteiger partial charge in [-0.15, -0.1) is 0 Å². The topological polar surface area (TPSA) is 49.8 Å². The average molecular weight is 128 g/mol. The number of hydrogen-bond donors (Lipinski definition) is 1. The van der Waals surface area contributed by atoms with Crippen LogP contribution in [0, 0.1) is 17.2 Å². The smallest absolute Gasteiger partial charge is 0.0712 e. The van der Waals surface area contributed by atoms with E-state index < -0.39 is 0 Å². The van der Waals surface area contributed by atoms with Gasteiger partial charge in [0.1, 0.15) is 0 Å². The zero-order valence-corrected chi connectivity index (χ0v) is 5.32. The summed E-state index contributed by atoms with van der Waals surface area (Å²) in [6, 6.07) is 2.30. The molecule has 0 aliphatic carbocycles. The third-order valence-corrected chi connectivity index (χ3v) is 2.51. The second-order valence-electron chi connectivity index (χ2n) is 1.94. The van der Waals surface area contributed by atoms with E-state index in [1.807, 2.05) is 0 Å². The molecule has 2 nitrogen and oxygen atoms in total. The monoisotopic (exact) mass is 128 g/mol. The van der Waals surface area contributed by atoms with Crippen LogP contribution in [-0.4, -0.2) is 17.5 Å². The predicted molar refractivity (Wildman–Crippen MR) is 34.4 cm³/mol. The van der Waals surface area contributed by atoms with Gasteiger partial charge in [-0.05, 0) is 0 Å². The minimum atomic E-state index is 0.111. The van der Waals surface area contributed by atoms with E-state index in [1.165, 1.54) is 0 Å². The van der Waals surface area contributed by atoms with Gasteiger partial charge in [-0.1, -0.05) is 0 Å². The highest BCUT2D eigenvalue weighted by Crippen LogP contribution is 2.21. The number of thioether (sulfide) groups is 1. The van der Waals surface area contributed by atoms with Gasteiger partial charge >= 0.3 is 0 Å². The van der Waals surface area contributed by atoms with E-state index in [1.54, 1.807) is 11.8 Å². The Labute approximate surface area is 53.0 Å². The van der Waals surface area contributed by atoms with E-state index in [0.717, 1.165) is 11.5 Å². The summed E-state index contributed by atoms with van der Waals surface area (Å²) in [5.74, 6) is 2.00. The molecular formula is C5H8N2S. The molecule has 1 aliphatic rings. The van der Waals surface area contributed by atoms with Crippen LogP contribution in [0.3, 0.4) is 0 Å². The van der Waals surface area contributed by atoms with Crippen molar-refractivity contribution in [2.45, 2.75) is 6.04 Å². The number of nitrogens with zero attached hydrogens (tertiary/aromatic N) is 1. The molecule has 0 aromatic heterocycles. The molecule has 0 aromatic rings. The molecule has 0 aromatic carbocycles. The quantitative estimate of drug-likeness (QED) is 0.507. The second kappa shape index (κ2) is 2.38. The molecule has 0 amide bonds. The molecule has 0 saturated carbocycles.